The zero-order chi connectivity index (χ0) is 89.3. The van der Waals surface area contributed by atoms with Crippen molar-refractivity contribution in [1.82, 2.24) is 16.0 Å². The van der Waals surface area contributed by atoms with Crippen LogP contribution >= 0.6 is 0 Å². The Morgan fingerprint density at radius 1 is 0.305 bits per heavy atom. The molecule has 22 N–H and O–H groups in total. The van der Waals surface area contributed by atoms with Gasteiger partial charge in [0.25, 0.3) is 0 Å². The van der Waals surface area contributed by atoms with Gasteiger partial charge in [0.05, 0.1) is 25.9 Å². The zero-order valence-corrected chi connectivity index (χ0v) is 64.3. The Bertz CT molecular complexity index is 4430. The number of carbonyl (C=O) groups excluding carboxylic acids is 3. The average molecular weight is 1880 g/mol. The topological polar surface area (TPSA) is 964 Å². The van der Waals surface area contributed by atoms with Crippen molar-refractivity contribution < 1.29 is 276 Å². The molecule has 0 aromatic heterocycles. The van der Waals surface area contributed by atoms with Gasteiger partial charge < -0.3 is 139 Å². The van der Waals surface area contributed by atoms with Gasteiger partial charge in [-0.3, -0.25) is 46.3 Å². The third-order valence-electron chi connectivity index (χ3n) is 16.9. The van der Waals surface area contributed by atoms with Crippen LogP contribution in [0.15, 0.2) is 0 Å². The summed E-state index contributed by atoms with van der Waals surface area (Å²) in [4.78, 5) is 89.6. The van der Waals surface area contributed by atoms with Crippen LogP contribution in [-0.4, -0.2) is 422 Å². The highest BCUT2D eigenvalue weighted by atomic mass is 32.3. The molecule has 0 aliphatic carbocycles. The van der Waals surface area contributed by atoms with E-state index in [1.54, 1.807) is 0 Å². The fourth-order valence-corrected chi connectivity index (χ4v) is 15.3. The highest BCUT2D eigenvalue weighted by Gasteiger charge is 2.63. The molecule has 0 aromatic carbocycles. The molecule has 34 atom stereocenters. The number of aliphatic hydroxyl groups excluding tert-OH is 8. The quantitative estimate of drug-likeness (QED) is 0.0259. The van der Waals surface area contributed by atoms with Gasteiger partial charge in [-0.15, -0.1) is 0 Å². The lowest BCUT2D eigenvalue weighted by Crippen LogP contribution is -2.71. The van der Waals surface area contributed by atoms with E-state index < -0.39 is 349 Å². The number of hydrogen-bond donors (Lipinski definition) is 22. The molecule has 7 aliphatic rings. The van der Waals surface area contributed by atoms with Crippen LogP contribution in [0.25, 0.3) is 0 Å². The molecule has 682 valence electrons. The number of carboxylic acid groups (broad SMARTS) is 4. The first-order chi connectivity index (χ1) is 53.9. The number of aliphatic carboxylic acids is 4. The largest absolute Gasteiger partial charge is 0.479 e. The fourth-order valence-electron chi connectivity index (χ4n) is 12.4. The minimum Gasteiger partial charge on any atom is -0.479 e. The molecule has 0 saturated carbocycles. The maximum absolute atomic E-state index is 13.3. The van der Waals surface area contributed by atoms with Gasteiger partial charge in [0, 0.05) is 27.2 Å². The smallest absolute Gasteiger partial charge is 0.397 e. The van der Waals surface area contributed by atoms with E-state index in [1.165, 1.54) is 0 Å². The normalized spacial score (nSPS) is 39.4. The maximum atomic E-state index is 13.3. The van der Waals surface area contributed by atoms with Gasteiger partial charge in [0.2, 0.25) is 17.7 Å². The van der Waals surface area contributed by atoms with E-state index in [9.17, 15) is 186 Å². The van der Waals surface area contributed by atoms with Crippen molar-refractivity contribution in [3.8, 4) is 0 Å². The van der Waals surface area contributed by atoms with Gasteiger partial charge in [-0.05, 0) is 0 Å². The molecule has 0 spiro atoms. The van der Waals surface area contributed by atoms with E-state index >= 15 is 0 Å². The van der Waals surface area contributed by atoms with Gasteiger partial charge in [0.15, 0.2) is 92.9 Å². The van der Waals surface area contributed by atoms with Crippen LogP contribution in [0.2, 0.25) is 0 Å². The van der Waals surface area contributed by atoms with E-state index in [4.69, 9.17) is 61.6 Å². The number of carbonyl (C=O) groups is 7. The Labute approximate surface area is 659 Å². The van der Waals surface area contributed by atoms with E-state index in [1.807, 2.05) is 16.0 Å². The second-order valence-electron chi connectivity index (χ2n) is 25.4. The summed E-state index contributed by atoms with van der Waals surface area (Å²) in [7, 11) is -41.3. The summed E-state index contributed by atoms with van der Waals surface area (Å²) in [6, 6.07) is -7.58. The van der Waals surface area contributed by atoms with Crippen LogP contribution in [0, 0.1) is 0 Å². The summed E-state index contributed by atoms with van der Waals surface area (Å²) >= 11 is 0. The molecule has 7 rings (SSSR count). The minimum atomic E-state index is -6.23. The summed E-state index contributed by atoms with van der Waals surface area (Å²) in [5, 5.41) is 139. The highest BCUT2D eigenvalue weighted by molar-refractivity contribution is 7.82. The lowest BCUT2D eigenvalue weighted by molar-refractivity contribution is -0.377. The first-order valence-electron chi connectivity index (χ1n) is 32.1. The summed E-state index contributed by atoms with van der Waals surface area (Å²) in [5.41, 5.74) is 0. The molecule has 7 aliphatic heterocycles. The van der Waals surface area contributed by atoms with Crippen molar-refractivity contribution in [2.75, 3.05) is 19.8 Å². The lowest BCUT2D eigenvalue weighted by Gasteiger charge is -2.51. The van der Waals surface area contributed by atoms with Gasteiger partial charge >= 0.3 is 96.7 Å². The molecule has 3 amide bonds. The standard InChI is InChI=1S/C48H73N3O60S7/c1-8(52)49-16-19(56)26(100-46-25(108-115(80,81)82)11(55)4-12(95-46)38(62)63)13(5-92-112(71,72)73)96-44(16)104-30-23(60)33(110-117(86,87)88)48(106-36(30)40(66)67)102-28-15(7-94-114(77,78)79)98-45(18(21(28)58)51-10(3)54)105-31-24(61)34(111-118(89,90)91)47(107-37(31)41(68)69)101-27-14(6-93-113(74,75)76)97-43(17(20(27)57)50-9(2)53)103-29-22(59)32(109-116(83,84)85)42(70)99-35(29)39(64)65/h11-37,42-48,55-61,70H,4-7H2,1-3H3,(H,49,52)(H,50,53)(H,51,54)(H,62,63)(H,64,65)(H,66,67)(H,68,69)(H,71,72,73)(H,74,75,76)(H,77,78,79)(H,80,81,82)(H,83,84,85)(H,86,87,88)(H,89,90,91)/t11-,12?,13?,14?,15?,16?,17?,18?,19+,20+,21+,22-,23-,24-,25?,26+,27+,28+,29-,30-,31-,32?,33?,34?,35?,36?,37?,42+,43-,44-,45-,46-,47+,48+/m0/s1. The maximum Gasteiger partial charge on any atom is 0.397 e. The van der Waals surface area contributed by atoms with Crippen molar-refractivity contribution in [3.63, 3.8) is 0 Å². The number of carboxylic acids is 4. The van der Waals surface area contributed by atoms with E-state index in [0.717, 1.165) is 0 Å². The number of rotatable bonds is 36. The summed E-state index contributed by atoms with van der Waals surface area (Å²) in [6.45, 7) is -3.49. The van der Waals surface area contributed by atoms with Crippen molar-refractivity contribution in [1.29, 1.82) is 0 Å². The third-order valence-corrected chi connectivity index (χ3v) is 20.1. The molecule has 0 aromatic rings. The Hall–Kier alpha value is -5.46. The first-order valence-corrected chi connectivity index (χ1v) is 41.6. The van der Waals surface area contributed by atoms with Crippen LogP contribution < -0.4 is 16.0 Å². The first kappa shape index (κ1) is 99.6. The molecule has 7 fully saturated rings. The Balaban J connectivity index is 1.24. The second-order valence-corrected chi connectivity index (χ2v) is 32.9. The number of hydrogen-bond acceptors (Lipinski definition) is 49. The summed E-state index contributed by atoms with van der Waals surface area (Å²) in [6.07, 6.45) is -89.1. The van der Waals surface area contributed by atoms with Gasteiger partial charge in [0.1, 0.15) is 110 Å². The second kappa shape index (κ2) is 39.2. The predicted molar refractivity (Wildman–Crippen MR) is 340 cm³/mol. The lowest BCUT2D eigenvalue weighted by atomic mass is 9.93. The van der Waals surface area contributed by atoms with Crippen molar-refractivity contribution >= 4 is 114 Å². The van der Waals surface area contributed by atoms with Crippen molar-refractivity contribution in [2.24, 2.45) is 0 Å². The predicted octanol–water partition coefficient (Wildman–Crippen LogP) is -15.7. The van der Waals surface area contributed by atoms with Gasteiger partial charge in [-0.2, -0.15) is 58.9 Å². The number of nitrogens with one attached hydrogen (secondary N) is 3. The van der Waals surface area contributed by atoms with Gasteiger partial charge in [-0.1, -0.05) is 0 Å². The fraction of sp³-hybridized carbons (Fsp3) is 0.854. The Kier molecular flexibility index (Phi) is 33.1. The van der Waals surface area contributed by atoms with Crippen LogP contribution in [0.1, 0.15) is 27.2 Å². The molecule has 70 heteroatoms. The van der Waals surface area contributed by atoms with Crippen LogP contribution in [0.4, 0.5) is 0 Å². The van der Waals surface area contributed by atoms with Crippen LogP contribution in [-0.2, 0) is 197 Å². The zero-order valence-electron chi connectivity index (χ0n) is 58.6. The highest BCUT2D eigenvalue weighted by Crippen LogP contribution is 2.41. The monoisotopic (exact) mass is 1880 g/mol. The van der Waals surface area contributed by atoms with E-state index in [0.29, 0.717) is 20.8 Å². The van der Waals surface area contributed by atoms with Crippen LogP contribution in [0.5, 0.6) is 0 Å². The van der Waals surface area contributed by atoms with E-state index in [2.05, 4.69) is 29.3 Å². The number of aliphatic hydroxyl groups is 8. The minimum absolute atomic E-state index is 0.581. The molecule has 14 unspecified atom stereocenters. The molecule has 0 bridgehead atoms. The molecular weight excluding hydrogens is 1800 g/mol. The van der Waals surface area contributed by atoms with Crippen LogP contribution in [0.3, 0.4) is 0 Å². The average Bonchev–Trinajstić information content (AvgIpc) is 0.759. The van der Waals surface area contributed by atoms with E-state index in [-0.39, 0.29) is 0 Å². The summed E-state index contributed by atoms with van der Waals surface area (Å²) < 4.78 is 340. The van der Waals surface area contributed by atoms with Crippen molar-refractivity contribution in [2.45, 2.75) is 236 Å². The molecule has 0 radical (unpaired) electrons. The number of amides is 3. The molecular formula is C48H73N3O60S7. The molecule has 63 nitrogen and oxygen atoms in total. The molecule has 7 saturated heterocycles. The summed E-state index contributed by atoms with van der Waals surface area (Å²) in [5.74, 6) is -13.0. The molecule has 118 heavy (non-hydrogen) atoms. The van der Waals surface area contributed by atoms with Crippen molar-refractivity contribution in [3.05, 3.63) is 0 Å². The Morgan fingerprint density at radius 2 is 0.559 bits per heavy atom. The third kappa shape index (κ3) is 27.3. The Morgan fingerprint density at radius 3 is 0.822 bits per heavy atom. The SMILES string of the molecule is CC(=O)NC1[C@H](O[C@@H]2C(C(=O)O)O[C@@H](O[C@@H]3C(COS(=O)(=O)O)O[C@@H](O[C@@H]4C(C(=O)O)O[C@@H](O)C(OS(=O)(=O)O)[C@H]4O)C(NC(C)=O)[C@H]3O)C(OS(=O)(=O)O)[C@H]2O)OC(COS(=O)(=O)O)[C@@H](O[C@@H]2OC(C(=O)O)[C@@H](O[C@@H]3OC(COS(=O)(=O)O)[C@@H](O[C@@H]4OC(C(=O)O)C[C@H](O)C4OS(=O)(=O)O)[C@H](O)C3NC(C)=O)[C@H](O)C2OS(=O)(=O)O)[C@@H]1O. The van der Waals surface area contributed by atoms with Gasteiger partial charge in [-0.25, -0.2) is 48.5 Å². The number of ether oxygens (including phenoxy) is 13. The molecule has 7 heterocycles.